The zero-order chi connectivity index (χ0) is 13.1. The van der Waals surface area contributed by atoms with Crippen LogP contribution < -0.4 is 11.2 Å². The van der Waals surface area contributed by atoms with E-state index in [-0.39, 0.29) is 3.57 Å². The third-order valence-corrected chi connectivity index (χ3v) is 2.58. The van der Waals surface area contributed by atoms with Crippen LogP contribution in [0.4, 0.5) is 18.0 Å². The van der Waals surface area contributed by atoms with Gasteiger partial charge in [0.15, 0.2) is 0 Å². The van der Waals surface area contributed by atoms with Gasteiger partial charge in [0.1, 0.15) is 0 Å². The molecule has 3 N–H and O–H groups in total. The molecule has 4 nitrogen and oxygen atoms in total. The maximum atomic E-state index is 12.4. The molecule has 92 valence electrons. The van der Waals surface area contributed by atoms with Crippen molar-refractivity contribution in [2.24, 2.45) is 10.8 Å². The number of carbonyl (C=O) groups is 1. The molecule has 0 bridgehead atoms. The van der Waals surface area contributed by atoms with Gasteiger partial charge in [0.25, 0.3) is 0 Å². The van der Waals surface area contributed by atoms with Crippen LogP contribution in [0.25, 0.3) is 0 Å². The largest absolute Gasteiger partial charge is 0.417 e. The molecule has 0 aliphatic carbocycles. The Labute approximate surface area is 108 Å². The standard InChI is InChI=1S/C9H7F3IN3O/c10-9(11,12)6-2-1-5(3-7(6)13)4-15-16-8(14)17/h1-4H,(H3,14,16,17). The zero-order valence-corrected chi connectivity index (χ0v) is 10.4. The van der Waals surface area contributed by atoms with Crippen LogP contribution in [-0.2, 0) is 6.18 Å². The van der Waals surface area contributed by atoms with Gasteiger partial charge in [-0.2, -0.15) is 18.3 Å². The molecule has 2 amide bonds. The van der Waals surface area contributed by atoms with Crippen LogP contribution in [-0.4, -0.2) is 12.2 Å². The number of halogens is 4. The molecule has 0 aromatic heterocycles. The summed E-state index contributed by atoms with van der Waals surface area (Å²) in [6.07, 6.45) is -3.18. The minimum Gasteiger partial charge on any atom is -0.350 e. The van der Waals surface area contributed by atoms with Gasteiger partial charge in [-0.15, -0.1) is 0 Å². The number of amides is 2. The summed E-state index contributed by atoms with van der Waals surface area (Å²) in [4.78, 5) is 10.3. The summed E-state index contributed by atoms with van der Waals surface area (Å²) in [5.41, 5.74) is 6.41. The summed E-state index contributed by atoms with van der Waals surface area (Å²) in [7, 11) is 0. The van der Waals surface area contributed by atoms with E-state index in [4.69, 9.17) is 5.73 Å². The van der Waals surface area contributed by atoms with E-state index >= 15 is 0 Å². The van der Waals surface area contributed by atoms with Crippen molar-refractivity contribution in [3.63, 3.8) is 0 Å². The smallest absolute Gasteiger partial charge is 0.350 e. The number of hydrazone groups is 1. The maximum absolute atomic E-state index is 12.4. The molecular formula is C9H7F3IN3O. The molecule has 0 unspecified atom stereocenters. The van der Waals surface area contributed by atoms with E-state index in [1.807, 2.05) is 5.43 Å². The van der Waals surface area contributed by atoms with Crippen molar-refractivity contribution < 1.29 is 18.0 Å². The van der Waals surface area contributed by atoms with Crippen molar-refractivity contribution in [1.29, 1.82) is 0 Å². The summed E-state index contributed by atoms with van der Waals surface area (Å²) in [6, 6.07) is 2.66. The lowest BCUT2D eigenvalue weighted by atomic mass is 10.1. The zero-order valence-electron chi connectivity index (χ0n) is 8.25. The SMILES string of the molecule is NC(=O)NN=Cc1ccc(C(F)(F)F)c(I)c1. The fraction of sp³-hybridized carbons (Fsp3) is 0.111. The van der Waals surface area contributed by atoms with Crippen molar-refractivity contribution in [2.75, 3.05) is 0 Å². The summed E-state index contributed by atoms with van der Waals surface area (Å²) in [5, 5.41) is 3.44. The molecule has 0 saturated heterocycles. The van der Waals surface area contributed by atoms with E-state index in [0.29, 0.717) is 5.56 Å². The highest BCUT2D eigenvalue weighted by atomic mass is 127. The average Bonchev–Trinajstić information content (AvgIpc) is 2.14. The molecule has 8 heteroatoms. The first-order valence-corrected chi connectivity index (χ1v) is 5.34. The van der Waals surface area contributed by atoms with Gasteiger partial charge in [0.05, 0.1) is 11.8 Å². The highest BCUT2D eigenvalue weighted by Crippen LogP contribution is 2.32. The minimum atomic E-state index is -4.38. The summed E-state index contributed by atoms with van der Waals surface area (Å²) in [6.45, 7) is 0. The van der Waals surface area contributed by atoms with Crippen molar-refractivity contribution >= 4 is 34.8 Å². The van der Waals surface area contributed by atoms with Crippen LogP contribution in [0.5, 0.6) is 0 Å². The molecular weight excluding hydrogens is 350 g/mol. The number of carbonyl (C=O) groups excluding carboxylic acids is 1. The summed E-state index contributed by atoms with van der Waals surface area (Å²) >= 11 is 1.58. The van der Waals surface area contributed by atoms with Crippen LogP contribution in [0.2, 0.25) is 0 Å². The minimum absolute atomic E-state index is 0.0538. The molecule has 1 aromatic rings. The first-order chi connectivity index (χ1) is 7.80. The number of nitrogens with one attached hydrogen (secondary N) is 1. The number of hydrogen-bond acceptors (Lipinski definition) is 2. The fourth-order valence-corrected chi connectivity index (χ4v) is 1.86. The van der Waals surface area contributed by atoms with Crippen LogP contribution in [0.15, 0.2) is 23.3 Å². The molecule has 0 atom stereocenters. The van der Waals surface area contributed by atoms with E-state index in [0.717, 1.165) is 6.07 Å². The predicted octanol–water partition coefficient (Wildman–Crippen LogP) is 2.31. The van der Waals surface area contributed by atoms with Gasteiger partial charge in [-0.1, -0.05) is 6.07 Å². The monoisotopic (exact) mass is 357 g/mol. The van der Waals surface area contributed by atoms with Crippen LogP contribution in [0, 0.1) is 3.57 Å². The molecule has 1 rings (SSSR count). The molecule has 0 aliphatic heterocycles. The predicted molar refractivity (Wildman–Crippen MR) is 64.5 cm³/mol. The number of benzene rings is 1. The fourth-order valence-electron chi connectivity index (χ4n) is 1.01. The van der Waals surface area contributed by atoms with Gasteiger partial charge in [-0.3, -0.25) is 0 Å². The Balaban J connectivity index is 2.90. The third-order valence-electron chi connectivity index (χ3n) is 1.69. The van der Waals surface area contributed by atoms with Gasteiger partial charge in [0, 0.05) is 3.57 Å². The topological polar surface area (TPSA) is 67.5 Å². The molecule has 0 spiro atoms. The second-order valence-corrected chi connectivity index (χ2v) is 4.13. The Bertz CT molecular complexity index is 459. The van der Waals surface area contributed by atoms with Gasteiger partial charge in [-0.05, 0) is 40.3 Å². The summed E-state index contributed by atoms with van der Waals surface area (Å²) in [5.74, 6) is 0. The number of nitrogens with two attached hydrogens (primary N) is 1. The van der Waals surface area contributed by atoms with E-state index in [9.17, 15) is 18.0 Å². The molecule has 0 fully saturated rings. The number of alkyl halides is 3. The van der Waals surface area contributed by atoms with Crippen LogP contribution >= 0.6 is 22.6 Å². The molecule has 0 radical (unpaired) electrons. The second kappa shape index (κ2) is 5.34. The first-order valence-electron chi connectivity index (χ1n) is 4.26. The van der Waals surface area contributed by atoms with E-state index in [1.165, 1.54) is 18.3 Å². The Kier molecular flexibility index (Phi) is 4.32. The quantitative estimate of drug-likeness (QED) is 0.476. The molecule has 0 heterocycles. The second-order valence-electron chi connectivity index (χ2n) is 2.97. The number of hydrogen-bond donors (Lipinski definition) is 2. The van der Waals surface area contributed by atoms with Gasteiger partial charge in [-0.25, -0.2) is 10.2 Å². The van der Waals surface area contributed by atoms with Crippen molar-refractivity contribution in [3.8, 4) is 0 Å². The van der Waals surface area contributed by atoms with Crippen LogP contribution in [0.3, 0.4) is 0 Å². The normalized spacial score (nSPS) is 11.8. The van der Waals surface area contributed by atoms with E-state index in [1.54, 1.807) is 22.6 Å². The van der Waals surface area contributed by atoms with Crippen molar-refractivity contribution in [3.05, 3.63) is 32.9 Å². The molecule has 17 heavy (non-hydrogen) atoms. The maximum Gasteiger partial charge on any atom is 0.417 e. The van der Waals surface area contributed by atoms with Gasteiger partial charge < -0.3 is 5.73 Å². The highest BCUT2D eigenvalue weighted by molar-refractivity contribution is 14.1. The molecule has 1 aromatic carbocycles. The van der Waals surface area contributed by atoms with Crippen molar-refractivity contribution in [1.82, 2.24) is 5.43 Å². The Morgan fingerprint density at radius 3 is 2.59 bits per heavy atom. The average molecular weight is 357 g/mol. The van der Waals surface area contributed by atoms with E-state index < -0.39 is 17.8 Å². The Hall–Kier alpha value is -1.32. The highest BCUT2D eigenvalue weighted by Gasteiger charge is 2.32. The lowest BCUT2D eigenvalue weighted by molar-refractivity contribution is -0.138. The van der Waals surface area contributed by atoms with Crippen LogP contribution in [0.1, 0.15) is 11.1 Å². The lowest BCUT2D eigenvalue weighted by Gasteiger charge is -2.08. The number of rotatable bonds is 2. The van der Waals surface area contributed by atoms with Gasteiger partial charge in [0.2, 0.25) is 0 Å². The number of nitrogens with zero attached hydrogens (tertiary/aromatic N) is 1. The molecule has 0 aliphatic rings. The number of primary amides is 1. The lowest BCUT2D eigenvalue weighted by Crippen LogP contribution is -2.24. The summed E-state index contributed by atoms with van der Waals surface area (Å²) < 4.78 is 37.3. The van der Waals surface area contributed by atoms with E-state index in [2.05, 4.69) is 5.10 Å². The van der Waals surface area contributed by atoms with Crippen molar-refractivity contribution in [2.45, 2.75) is 6.18 Å². The Morgan fingerprint density at radius 2 is 2.12 bits per heavy atom. The first kappa shape index (κ1) is 13.7. The van der Waals surface area contributed by atoms with Gasteiger partial charge >= 0.3 is 12.2 Å². The Morgan fingerprint density at radius 1 is 1.47 bits per heavy atom. The third kappa shape index (κ3) is 4.21. The molecule has 0 saturated carbocycles. The number of urea groups is 1.